The average Bonchev–Trinajstić information content (AvgIpc) is 2.80. The molecule has 0 spiro atoms. The Kier molecular flexibility index (Phi) is 8.81. The number of carbonyl (C=O) groups is 1. The molecule has 3 rings (SSSR count). The second kappa shape index (κ2) is 11.8. The quantitative estimate of drug-likeness (QED) is 0.603. The highest BCUT2D eigenvalue weighted by molar-refractivity contribution is 5.80. The number of likely N-dealkylation sites (N-methyl/N-ethyl adjacent to an activating group) is 1. The fraction of sp³-hybridized carbons (Fsp3) is 0.458. The van der Waals surface area contributed by atoms with Crippen molar-refractivity contribution in [3.05, 3.63) is 59.7 Å². The van der Waals surface area contributed by atoms with Crippen molar-refractivity contribution < 1.29 is 27.8 Å². The first kappa shape index (κ1) is 23.9. The second-order valence-electron chi connectivity index (χ2n) is 7.87. The van der Waals surface area contributed by atoms with Crippen molar-refractivity contribution in [1.82, 2.24) is 10.2 Å². The Balaban J connectivity index is 1.42. The minimum Gasteiger partial charge on any atom is -0.492 e. The summed E-state index contributed by atoms with van der Waals surface area (Å²) in [4.78, 5) is 14.6. The number of halogens is 2. The summed E-state index contributed by atoms with van der Waals surface area (Å²) in [6.45, 7) is 4.87. The summed E-state index contributed by atoms with van der Waals surface area (Å²) in [5.41, 5.74) is 0.883. The SMILES string of the molecule is CC(Oc1ccc(F)c(F)c1)C(=O)NCc1cccc(OCCN(C)C2CCOCC2)c1. The number of rotatable bonds is 10. The van der Waals surface area contributed by atoms with Crippen molar-refractivity contribution in [2.24, 2.45) is 0 Å². The van der Waals surface area contributed by atoms with Gasteiger partial charge in [-0.3, -0.25) is 9.69 Å². The molecule has 1 atom stereocenters. The summed E-state index contributed by atoms with van der Waals surface area (Å²) in [7, 11) is 2.11. The topological polar surface area (TPSA) is 60.0 Å². The normalized spacial score (nSPS) is 15.4. The van der Waals surface area contributed by atoms with Crippen LogP contribution in [-0.2, 0) is 16.1 Å². The van der Waals surface area contributed by atoms with Crippen LogP contribution in [0.3, 0.4) is 0 Å². The molecule has 1 heterocycles. The third-order valence-corrected chi connectivity index (χ3v) is 5.47. The Morgan fingerprint density at radius 3 is 2.69 bits per heavy atom. The Morgan fingerprint density at radius 2 is 1.94 bits per heavy atom. The van der Waals surface area contributed by atoms with E-state index in [1.54, 1.807) is 6.92 Å². The number of carbonyl (C=O) groups excluding carboxylic acids is 1. The predicted octanol–water partition coefficient (Wildman–Crippen LogP) is 3.54. The molecule has 2 aromatic rings. The van der Waals surface area contributed by atoms with Gasteiger partial charge in [0, 0.05) is 38.4 Å². The number of hydrogen-bond donors (Lipinski definition) is 1. The maximum absolute atomic E-state index is 13.3. The summed E-state index contributed by atoms with van der Waals surface area (Å²) < 4.78 is 43.0. The van der Waals surface area contributed by atoms with Crippen LogP contribution in [0, 0.1) is 11.6 Å². The highest BCUT2D eigenvalue weighted by atomic mass is 19.2. The van der Waals surface area contributed by atoms with Crippen LogP contribution in [0.15, 0.2) is 42.5 Å². The van der Waals surface area contributed by atoms with E-state index >= 15 is 0 Å². The molecular formula is C24H30F2N2O4. The van der Waals surface area contributed by atoms with Gasteiger partial charge < -0.3 is 19.5 Å². The molecule has 6 nitrogen and oxygen atoms in total. The fourth-order valence-corrected chi connectivity index (χ4v) is 3.50. The van der Waals surface area contributed by atoms with Crippen molar-refractivity contribution in [1.29, 1.82) is 0 Å². The maximum Gasteiger partial charge on any atom is 0.261 e. The first-order chi connectivity index (χ1) is 15.4. The molecule has 1 amide bonds. The number of amides is 1. The first-order valence-electron chi connectivity index (χ1n) is 10.8. The lowest BCUT2D eigenvalue weighted by atomic mass is 10.1. The molecule has 0 bridgehead atoms. The molecule has 1 aliphatic rings. The van der Waals surface area contributed by atoms with Crippen molar-refractivity contribution >= 4 is 5.91 Å². The van der Waals surface area contributed by atoms with Gasteiger partial charge in [-0.2, -0.15) is 0 Å². The predicted molar refractivity (Wildman–Crippen MR) is 117 cm³/mol. The van der Waals surface area contributed by atoms with E-state index in [1.165, 1.54) is 6.07 Å². The minimum absolute atomic E-state index is 0.0904. The van der Waals surface area contributed by atoms with E-state index in [2.05, 4.69) is 17.3 Å². The Bertz CT molecular complexity index is 890. The second-order valence-corrected chi connectivity index (χ2v) is 7.87. The lowest BCUT2D eigenvalue weighted by molar-refractivity contribution is -0.127. The van der Waals surface area contributed by atoms with Crippen LogP contribution in [0.1, 0.15) is 25.3 Å². The molecule has 8 heteroatoms. The molecule has 0 aromatic heterocycles. The molecule has 0 saturated carbocycles. The van der Waals surface area contributed by atoms with E-state index in [0.29, 0.717) is 19.2 Å². The number of nitrogens with one attached hydrogen (secondary N) is 1. The zero-order valence-corrected chi connectivity index (χ0v) is 18.5. The minimum atomic E-state index is -1.02. The van der Waals surface area contributed by atoms with E-state index < -0.39 is 17.7 Å². The van der Waals surface area contributed by atoms with Gasteiger partial charge in [0.15, 0.2) is 17.7 Å². The summed E-state index contributed by atoms with van der Waals surface area (Å²) in [5.74, 6) is -1.52. The molecule has 1 unspecified atom stereocenters. The third kappa shape index (κ3) is 7.17. The van der Waals surface area contributed by atoms with Crippen molar-refractivity contribution in [2.45, 2.75) is 38.5 Å². The van der Waals surface area contributed by atoms with Gasteiger partial charge in [0.25, 0.3) is 5.91 Å². The Hall–Kier alpha value is -2.71. The lowest BCUT2D eigenvalue weighted by Gasteiger charge is -2.31. The summed E-state index contributed by atoms with van der Waals surface area (Å²) >= 11 is 0. The molecule has 1 N–H and O–H groups in total. The zero-order chi connectivity index (χ0) is 22.9. The molecule has 2 aromatic carbocycles. The maximum atomic E-state index is 13.3. The van der Waals surface area contributed by atoms with Gasteiger partial charge in [0.2, 0.25) is 0 Å². The van der Waals surface area contributed by atoms with E-state index in [-0.39, 0.29) is 11.7 Å². The molecule has 1 saturated heterocycles. The number of benzene rings is 2. The van der Waals surface area contributed by atoms with Gasteiger partial charge in [-0.1, -0.05) is 12.1 Å². The van der Waals surface area contributed by atoms with E-state index in [1.807, 2.05) is 24.3 Å². The molecule has 1 fully saturated rings. The van der Waals surface area contributed by atoms with Gasteiger partial charge in [0.1, 0.15) is 18.1 Å². The highest BCUT2D eigenvalue weighted by Gasteiger charge is 2.18. The van der Waals surface area contributed by atoms with Crippen LogP contribution in [0.4, 0.5) is 8.78 Å². The van der Waals surface area contributed by atoms with Crippen LogP contribution in [-0.4, -0.2) is 56.4 Å². The van der Waals surface area contributed by atoms with Crippen LogP contribution >= 0.6 is 0 Å². The molecule has 0 radical (unpaired) electrons. The van der Waals surface area contributed by atoms with Crippen LogP contribution < -0.4 is 14.8 Å². The number of hydrogen-bond acceptors (Lipinski definition) is 5. The van der Waals surface area contributed by atoms with Crippen molar-refractivity contribution in [2.75, 3.05) is 33.4 Å². The van der Waals surface area contributed by atoms with Gasteiger partial charge in [-0.05, 0) is 56.6 Å². The van der Waals surface area contributed by atoms with E-state index in [4.69, 9.17) is 14.2 Å². The van der Waals surface area contributed by atoms with Crippen LogP contribution in [0.5, 0.6) is 11.5 Å². The van der Waals surface area contributed by atoms with Crippen molar-refractivity contribution in [3.63, 3.8) is 0 Å². The molecule has 1 aliphatic heterocycles. The lowest BCUT2D eigenvalue weighted by Crippen LogP contribution is -2.38. The monoisotopic (exact) mass is 448 g/mol. The molecule has 174 valence electrons. The number of ether oxygens (including phenoxy) is 3. The van der Waals surface area contributed by atoms with E-state index in [0.717, 1.165) is 56.0 Å². The summed E-state index contributed by atoms with van der Waals surface area (Å²) in [5, 5.41) is 2.78. The first-order valence-corrected chi connectivity index (χ1v) is 10.8. The largest absolute Gasteiger partial charge is 0.492 e. The Labute approximate surface area is 187 Å². The van der Waals surface area contributed by atoms with Crippen LogP contribution in [0.2, 0.25) is 0 Å². The van der Waals surface area contributed by atoms with Crippen LogP contribution in [0.25, 0.3) is 0 Å². The van der Waals surface area contributed by atoms with Gasteiger partial charge >= 0.3 is 0 Å². The summed E-state index contributed by atoms with van der Waals surface area (Å²) in [6.07, 6.45) is 1.23. The fourth-order valence-electron chi connectivity index (χ4n) is 3.50. The average molecular weight is 449 g/mol. The standard InChI is InChI=1S/C24H30F2N2O4/c1-17(32-21-6-7-22(25)23(26)15-21)24(29)27-16-18-4-3-5-20(14-18)31-13-10-28(2)19-8-11-30-12-9-19/h3-7,14-15,17,19H,8-13,16H2,1-2H3,(H,27,29). The Morgan fingerprint density at radius 1 is 1.16 bits per heavy atom. The van der Waals surface area contributed by atoms with Gasteiger partial charge in [-0.25, -0.2) is 8.78 Å². The van der Waals surface area contributed by atoms with E-state index in [9.17, 15) is 13.6 Å². The van der Waals surface area contributed by atoms with Gasteiger partial charge in [0.05, 0.1) is 0 Å². The molecular weight excluding hydrogens is 418 g/mol. The number of nitrogens with zero attached hydrogens (tertiary/aromatic N) is 1. The molecule has 32 heavy (non-hydrogen) atoms. The smallest absolute Gasteiger partial charge is 0.261 e. The zero-order valence-electron chi connectivity index (χ0n) is 18.5. The highest BCUT2D eigenvalue weighted by Crippen LogP contribution is 2.18. The molecule has 0 aliphatic carbocycles. The third-order valence-electron chi connectivity index (χ3n) is 5.47. The van der Waals surface area contributed by atoms with Crippen molar-refractivity contribution in [3.8, 4) is 11.5 Å². The van der Waals surface area contributed by atoms with Gasteiger partial charge in [-0.15, -0.1) is 0 Å². The summed E-state index contributed by atoms with van der Waals surface area (Å²) in [6, 6.07) is 11.2.